The number of aromatic nitrogens is 4. The lowest BCUT2D eigenvalue weighted by Gasteiger charge is -2.12. The molecule has 0 saturated carbocycles. The number of ether oxygens (including phenoxy) is 1. The summed E-state index contributed by atoms with van der Waals surface area (Å²) >= 11 is 0. The molecule has 9 heteroatoms. The van der Waals surface area contributed by atoms with E-state index in [1.54, 1.807) is 22.8 Å². The highest BCUT2D eigenvalue weighted by atomic mass is 19.1. The van der Waals surface area contributed by atoms with Crippen molar-refractivity contribution in [3.63, 3.8) is 0 Å². The summed E-state index contributed by atoms with van der Waals surface area (Å²) in [6.45, 7) is 1.94. The highest BCUT2D eigenvalue weighted by molar-refractivity contribution is 5.78. The fraction of sp³-hybridized carbons (Fsp3) is 0.150. The summed E-state index contributed by atoms with van der Waals surface area (Å²) in [5.41, 5.74) is 7.61. The van der Waals surface area contributed by atoms with Gasteiger partial charge in [0, 0.05) is 30.3 Å². The molecule has 2 aromatic heterocycles. The minimum absolute atomic E-state index is 0.129. The van der Waals surface area contributed by atoms with Crippen LogP contribution in [0.3, 0.4) is 0 Å². The molecule has 0 saturated heterocycles. The topological polar surface area (TPSA) is 90.9 Å². The van der Waals surface area contributed by atoms with E-state index in [2.05, 4.69) is 20.3 Å². The second-order valence-corrected chi connectivity index (χ2v) is 6.30. The summed E-state index contributed by atoms with van der Waals surface area (Å²) in [5.74, 6) is 0.728. The molecule has 0 aliphatic heterocycles. The minimum atomic E-state index is -0.522. The SMILES string of the molecule is CCc1nc2ccc(F)cc2n1-c1cc(N)nc(Nc2ccc(OC)c(F)c2)n1. The zero-order valence-electron chi connectivity index (χ0n) is 15.8. The second-order valence-electron chi connectivity index (χ2n) is 6.30. The first kappa shape index (κ1) is 18.6. The molecule has 2 aromatic carbocycles. The smallest absolute Gasteiger partial charge is 0.231 e. The second kappa shape index (κ2) is 7.34. The van der Waals surface area contributed by atoms with Crippen molar-refractivity contribution in [1.82, 2.24) is 19.5 Å². The summed E-state index contributed by atoms with van der Waals surface area (Å²) < 4.78 is 34.5. The Balaban J connectivity index is 1.79. The van der Waals surface area contributed by atoms with Crippen LogP contribution in [0.2, 0.25) is 0 Å². The Hall–Kier alpha value is -3.75. The number of nitrogen functional groups attached to an aromatic ring is 1. The van der Waals surface area contributed by atoms with E-state index in [0.717, 1.165) is 0 Å². The normalized spacial score (nSPS) is 11.0. The fourth-order valence-electron chi connectivity index (χ4n) is 3.09. The monoisotopic (exact) mass is 396 g/mol. The van der Waals surface area contributed by atoms with Crippen LogP contribution >= 0.6 is 0 Å². The van der Waals surface area contributed by atoms with Crippen molar-refractivity contribution in [2.24, 2.45) is 0 Å². The first-order valence-corrected chi connectivity index (χ1v) is 8.91. The molecule has 4 aromatic rings. The van der Waals surface area contributed by atoms with Gasteiger partial charge in [-0.15, -0.1) is 0 Å². The number of methoxy groups -OCH3 is 1. The zero-order valence-corrected chi connectivity index (χ0v) is 15.8. The van der Waals surface area contributed by atoms with Gasteiger partial charge in [0.1, 0.15) is 23.3 Å². The van der Waals surface area contributed by atoms with E-state index in [0.29, 0.717) is 34.8 Å². The molecule has 4 rings (SSSR count). The van der Waals surface area contributed by atoms with Gasteiger partial charge in [-0.05, 0) is 24.3 Å². The number of aryl methyl sites for hydroxylation is 1. The van der Waals surface area contributed by atoms with E-state index in [1.165, 1.54) is 31.4 Å². The zero-order chi connectivity index (χ0) is 20.5. The molecule has 2 heterocycles. The van der Waals surface area contributed by atoms with Crippen molar-refractivity contribution in [2.45, 2.75) is 13.3 Å². The van der Waals surface area contributed by atoms with Gasteiger partial charge in [-0.3, -0.25) is 4.57 Å². The average molecular weight is 396 g/mol. The summed E-state index contributed by atoms with van der Waals surface area (Å²) in [4.78, 5) is 13.2. The Morgan fingerprint density at radius 2 is 1.90 bits per heavy atom. The lowest BCUT2D eigenvalue weighted by Crippen LogP contribution is -2.08. The van der Waals surface area contributed by atoms with Crippen LogP contribution < -0.4 is 15.8 Å². The van der Waals surface area contributed by atoms with Gasteiger partial charge in [-0.1, -0.05) is 6.92 Å². The van der Waals surface area contributed by atoms with Crippen molar-refractivity contribution in [2.75, 3.05) is 18.2 Å². The molecule has 0 unspecified atom stereocenters. The first-order chi connectivity index (χ1) is 14.0. The van der Waals surface area contributed by atoms with E-state index >= 15 is 0 Å². The molecule has 0 amide bonds. The van der Waals surface area contributed by atoms with Crippen molar-refractivity contribution >= 4 is 28.5 Å². The number of imidazole rings is 1. The summed E-state index contributed by atoms with van der Waals surface area (Å²) in [6.07, 6.45) is 0.604. The maximum atomic E-state index is 14.0. The van der Waals surface area contributed by atoms with Gasteiger partial charge in [-0.2, -0.15) is 9.97 Å². The number of nitrogens with two attached hydrogens (primary N) is 1. The Morgan fingerprint density at radius 1 is 1.07 bits per heavy atom. The predicted molar refractivity (Wildman–Crippen MR) is 107 cm³/mol. The van der Waals surface area contributed by atoms with Crippen LogP contribution in [0.25, 0.3) is 16.9 Å². The molecular formula is C20H18F2N6O. The van der Waals surface area contributed by atoms with Crippen LogP contribution in [0.4, 0.5) is 26.2 Å². The van der Waals surface area contributed by atoms with Crippen LogP contribution in [-0.2, 0) is 6.42 Å². The number of rotatable bonds is 5. The number of anilines is 3. The summed E-state index contributed by atoms with van der Waals surface area (Å²) in [5, 5.41) is 2.93. The quantitative estimate of drug-likeness (QED) is 0.530. The third-order valence-electron chi connectivity index (χ3n) is 4.37. The molecular weight excluding hydrogens is 378 g/mol. The molecule has 0 spiro atoms. The van der Waals surface area contributed by atoms with Gasteiger partial charge in [0.25, 0.3) is 0 Å². The number of fused-ring (bicyclic) bond motifs is 1. The third kappa shape index (κ3) is 3.54. The predicted octanol–water partition coefficient (Wildman–Crippen LogP) is 3.99. The highest BCUT2D eigenvalue weighted by Crippen LogP contribution is 2.26. The fourth-order valence-corrected chi connectivity index (χ4v) is 3.09. The van der Waals surface area contributed by atoms with Crippen LogP contribution in [0.1, 0.15) is 12.7 Å². The lowest BCUT2D eigenvalue weighted by molar-refractivity contribution is 0.386. The number of halogens is 2. The van der Waals surface area contributed by atoms with Crippen molar-refractivity contribution in [1.29, 1.82) is 0 Å². The number of hydrogen-bond donors (Lipinski definition) is 2. The van der Waals surface area contributed by atoms with Crippen LogP contribution in [-0.4, -0.2) is 26.6 Å². The van der Waals surface area contributed by atoms with E-state index in [1.807, 2.05) is 6.92 Å². The first-order valence-electron chi connectivity index (χ1n) is 8.91. The van der Waals surface area contributed by atoms with Crippen LogP contribution in [0, 0.1) is 11.6 Å². The molecule has 29 heavy (non-hydrogen) atoms. The van der Waals surface area contributed by atoms with Gasteiger partial charge in [0.2, 0.25) is 5.95 Å². The average Bonchev–Trinajstić information content (AvgIpc) is 3.05. The number of hydrogen-bond acceptors (Lipinski definition) is 6. The number of benzene rings is 2. The summed E-state index contributed by atoms with van der Waals surface area (Å²) in [7, 11) is 1.39. The van der Waals surface area contributed by atoms with Gasteiger partial charge in [0.05, 0.1) is 18.1 Å². The standard InChI is InChI=1S/C20H18F2N6O/c1-3-18-25-14-6-4-11(21)8-15(14)28(18)19-10-17(23)26-20(27-19)24-12-5-7-16(29-2)13(22)9-12/h4-10H,3H2,1-2H3,(H3,23,24,26,27). The molecule has 0 atom stereocenters. The van der Waals surface area contributed by atoms with Crippen molar-refractivity contribution in [3.8, 4) is 11.6 Å². The van der Waals surface area contributed by atoms with Crippen LogP contribution in [0.5, 0.6) is 5.75 Å². The molecule has 0 radical (unpaired) electrons. The number of nitrogens with one attached hydrogen (secondary N) is 1. The van der Waals surface area contributed by atoms with Gasteiger partial charge in [-0.25, -0.2) is 13.8 Å². The molecule has 0 bridgehead atoms. The third-order valence-corrected chi connectivity index (χ3v) is 4.37. The number of nitrogens with zero attached hydrogens (tertiary/aromatic N) is 4. The maximum absolute atomic E-state index is 14.0. The lowest BCUT2D eigenvalue weighted by atomic mass is 10.3. The maximum Gasteiger partial charge on any atom is 0.231 e. The Morgan fingerprint density at radius 3 is 2.62 bits per heavy atom. The minimum Gasteiger partial charge on any atom is -0.494 e. The highest BCUT2D eigenvalue weighted by Gasteiger charge is 2.15. The van der Waals surface area contributed by atoms with Crippen molar-refractivity contribution < 1.29 is 13.5 Å². The Kier molecular flexibility index (Phi) is 4.71. The Labute approximate surface area is 165 Å². The van der Waals surface area contributed by atoms with E-state index in [-0.39, 0.29) is 23.3 Å². The molecule has 0 fully saturated rings. The largest absolute Gasteiger partial charge is 0.494 e. The van der Waals surface area contributed by atoms with E-state index in [4.69, 9.17) is 10.5 Å². The molecule has 0 aliphatic rings. The van der Waals surface area contributed by atoms with Crippen LogP contribution in [0.15, 0.2) is 42.5 Å². The summed E-state index contributed by atoms with van der Waals surface area (Å²) in [6, 6.07) is 10.3. The van der Waals surface area contributed by atoms with E-state index in [9.17, 15) is 8.78 Å². The van der Waals surface area contributed by atoms with Gasteiger partial charge >= 0.3 is 0 Å². The molecule has 3 N–H and O–H groups in total. The molecule has 148 valence electrons. The Bertz CT molecular complexity index is 1210. The molecule has 0 aliphatic carbocycles. The molecule has 7 nitrogen and oxygen atoms in total. The van der Waals surface area contributed by atoms with Crippen molar-refractivity contribution in [3.05, 3.63) is 59.9 Å². The van der Waals surface area contributed by atoms with Gasteiger partial charge < -0.3 is 15.8 Å². The van der Waals surface area contributed by atoms with E-state index < -0.39 is 5.82 Å². The van der Waals surface area contributed by atoms with Gasteiger partial charge in [0.15, 0.2) is 11.6 Å².